The first-order valence-corrected chi connectivity index (χ1v) is 16.2. The van der Waals surface area contributed by atoms with Crippen molar-refractivity contribution in [3.05, 3.63) is 23.8 Å². The van der Waals surface area contributed by atoms with Crippen molar-refractivity contribution < 1.29 is 52.6 Å². The fourth-order valence-corrected chi connectivity index (χ4v) is 11.1. The molecular weight excluding hydrogens is 584 g/mol. The summed E-state index contributed by atoms with van der Waals surface area (Å²) < 4.78 is 49.8. The third-order valence-corrected chi connectivity index (χ3v) is 13.4. The normalized spacial score (nSPS) is 56.0. The second-order valence-corrected chi connectivity index (χ2v) is 15.2. The number of hydrogen-bond acceptors (Lipinski definition) is 11. The monoisotopic (exact) mass is 632 g/mol. The minimum atomic E-state index is -1.69. The van der Waals surface area contributed by atoms with E-state index in [9.17, 15) is 14.7 Å². The van der Waals surface area contributed by atoms with Crippen LogP contribution in [-0.4, -0.2) is 93.9 Å². The molecule has 0 radical (unpaired) electrons. The van der Waals surface area contributed by atoms with Gasteiger partial charge in [0.15, 0.2) is 24.7 Å². The molecular formula is C34H48O11. The van der Waals surface area contributed by atoms with Crippen molar-refractivity contribution in [2.75, 3.05) is 27.9 Å². The molecule has 45 heavy (non-hydrogen) atoms. The molecule has 5 fully saturated rings. The molecule has 1 N–H and O–H groups in total. The third kappa shape index (κ3) is 3.54. The van der Waals surface area contributed by atoms with Crippen LogP contribution in [0.2, 0.25) is 0 Å². The molecule has 7 aliphatic rings. The number of aldehydes is 1. The largest absolute Gasteiger partial charge is 0.459 e. The fourth-order valence-electron chi connectivity index (χ4n) is 11.1. The standard InChI is InChI=1S/C34H48O11/c1-10-17(2)26(36)43-25-22-23-29(3,16-41-22)11-12-33(37)31(23,5)24(28(40-9)45-33)32(25,6)34-20(44-34)14-19(30(34,4)15-35)18-13-21(38-7)42-27(18)39-8/h11-13,15,17,19-25,27-28,37H,10,14,16H2,1-9H3/t17?,19-,20+,21+,22+,23-,24-,25+,27-,28+,29-,30-,31-,32-,33-,34+/m0/s1. The van der Waals surface area contributed by atoms with Gasteiger partial charge in [0.25, 0.3) is 0 Å². The van der Waals surface area contributed by atoms with Crippen LogP contribution in [0.4, 0.5) is 0 Å². The summed E-state index contributed by atoms with van der Waals surface area (Å²) in [6.07, 6.45) is 3.70. The quantitative estimate of drug-likeness (QED) is 0.174. The van der Waals surface area contributed by atoms with E-state index in [2.05, 4.69) is 6.92 Å². The number of aliphatic hydroxyl groups is 1. The second-order valence-electron chi connectivity index (χ2n) is 15.2. The van der Waals surface area contributed by atoms with Crippen molar-refractivity contribution in [3.63, 3.8) is 0 Å². The molecule has 0 aromatic carbocycles. The molecule has 2 saturated carbocycles. The van der Waals surface area contributed by atoms with Gasteiger partial charge in [-0.1, -0.05) is 40.7 Å². The van der Waals surface area contributed by atoms with E-state index in [-0.39, 0.29) is 29.8 Å². The molecule has 3 aliphatic carbocycles. The molecule has 0 spiro atoms. The molecule has 11 nitrogen and oxygen atoms in total. The number of carbonyl (C=O) groups excluding carboxylic acids is 2. The van der Waals surface area contributed by atoms with Gasteiger partial charge in [0, 0.05) is 55.3 Å². The number of carbonyl (C=O) groups is 2. The van der Waals surface area contributed by atoms with Gasteiger partial charge in [-0.3, -0.25) is 4.79 Å². The van der Waals surface area contributed by atoms with Crippen molar-refractivity contribution in [1.29, 1.82) is 0 Å². The summed E-state index contributed by atoms with van der Waals surface area (Å²) in [6, 6.07) is 0. The highest BCUT2D eigenvalue weighted by atomic mass is 16.8. The van der Waals surface area contributed by atoms with E-state index in [0.717, 1.165) is 11.9 Å². The zero-order valence-corrected chi connectivity index (χ0v) is 27.7. The molecule has 0 aromatic rings. The van der Waals surface area contributed by atoms with Gasteiger partial charge in [-0.05, 0) is 37.5 Å². The maximum absolute atomic E-state index is 13.8. The molecule has 0 aromatic heterocycles. The van der Waals surface area contributed by atoms with E-state index >= 15 is 0 Å². The van der Waals surface area contributed by atoms with E-state index < -0.39 is 70.0 Å². The van der Waals surface area contributed by atoms with Crippen molar-refractivity contribution >= 4 is 12.3 Å². The highest BCUT2D eigenvalue weighted by Crippen LogP contribution is 2.81. The van der Waals surface area contributed by atoms with Crippen LogP contribution in [0.3, 0.4) is 0 Å². The predicted molar refractivity (Wildman–Crippen MR) is 157 cm³/mol. The molecule has 4 heterocycles. The van der Waals surface area contributed by atoms with Crippen LogP contribution in [0, 0.1) is 45.3 Å². The van der Waals surface area contributed by atoms with Gasteiger partial charge in [-0.25, -0.2) is 0 Å². The number of fused-ring (bicyclic) bond motifs is 1. The van der Waals surface area contributed by atoms with Crippen molar-refractivity contribution in [3.8, 4) is 0 Å². The average Bonchev–Trinajstić information content (AvgIpc) is 3.24. The first kappa shape index (κ1) is 31.9. The van der Waals surface area contributed by atoms with Crippen LogP contribution in [0.1, 0.15) is 54.4 Å². The van der Waals surface area contributed by atoms with Crippen molar-refractivity contribution in [1.82, 2.24) is 0 Å². The molecule has 3 saturated heterocycles. The molecule has 0 amide bonds. The summed E-state index contributed by atoms with van der Waals surface area (Å²) in [7, 11) is 4.68. The number of methoxy groups -OCH3 is 3. The molecule has 0 bridgehead atoms. The summed E-state index contributed by atoms with van der Waals surface area (Å²) >= 11 is 0. The van der Waals surface area contributed by atoms with Crippen LogP contribution in [0.15, 0.2) is 23.8 Å². The van der Waals surface area contributed by atoms with Crippen LogP contribution in [0.25, 0.3) is 0 Å². The fraction of sp³-hybridized carbons (Fsp3) is 0.824. The smallest absolute Gasteiger partial charge is 0.309 e. The Kier molecular flexibility index (Phi) is 7.02. The Morgan fingerprint density at radius 1 is 1.07 bits per heavy atom. The number of hydrogen-bond donors (Lipinski definition) is 1. The van der Waals surface area contributed by atoms with Gasteiger partial charge < -0.3 is 47.8 Å². The maximum Gasteiger partial charge on any atom is 0.309 e. The maximum atomic E-state index is 13.8. The molecule has 1 unspecified atom stereocenters. The lowest BCUT2D eigenvalue weighted by molar-refractivity contribution is -0.274. The summed E-state index contributed by atoms with van der Waals surface area (Å²) in [5, 5.41) is 12.3. The summed E-state index contributed by atoms with van der Waals surface area (Å²) in [5.41, 5.74) is -3.98. The predicted octanol–water partition coefficient (Wildman–Crippen LogP) is 3.13. The molecule has 4 aliphatic heterocycles. The highest BCUT2D eigenvalue weighted by molar-refractivity contribution is 5.73. The van der Waals surface area contributed by atoms with Crippen molar-refractivity contribution in [2.45, 2.75) is 103 Å². The molecule has 11 heteroatoms. The van der Waals surface area contributed by atoms with E-state index in [0.29, 0.717) is 19.4 Å². The molecule has 250 valence electrons. The van der Waals surface area contributed by atoms with E-state index in [1.807, 2.05) is 46.8 Å². The lowest BCUT2D eigenvalue weighted by atomic mass is 9.39. The van der Waals surface area contributed by atoms with Gasteiger partial charge in [0.05, 0.1) is 30.1 Å². The Morgan fingerprint density at radius 3 is 2.42 bits per heavy atom. The summed E-state index contributed by atoms with van der Waals surface area (Å²) in [6.45, 7) is 12.3. The first-order valence-electron chi connectivity index (χ1n) is 16.2. The van der Waals surface area contributed by atoms with Crippen LogP contribution < -0.4 is 0 Å². The number of esters is 1. The van der Waals surface area contributed by atoms with Crippen molar-refractivity contribution in [2.24, 2.45) is 45.3 Å². The number of epoxide rings is 1. The van der Waals surface area contributed by atoms with E-state index in [1.165, 1.54) is 0 Å². The van der Waals surface area contributed by atoms with Gasteiger partial charge >= 0.3 is 5.97 Å². The first-order chi connectivity index (χ1) is 21.2. The van der Waals surface area contributed by atoms with Gasteiger partial charge in [0.2, 0.25) is 0 Å². The summed E-state index contributed by atoms with van der Waals surface area (Å²) in [5.74, 6) is -3.55. The number of ether oxygens (including phenoxy) is 8. The minimum Gasteiger partial charge on any atom is -0.459 e. The molecule has 16 atom stereocenters. The van der Waals surface area contributed by atoms with Gasteiger partial charge in [-0.2, -0.15) is 0 Å². The van der Waals surface area contributed by atoms with Gasteiger partial charge in [0.1, 0.15) is 18.0 Å². The van der Waals surface area contributed by atoms with Crippen LogP contribution in [-0.2, 0) is 47.5 Å². The Balaban J connectivity index is 1.44. The Hall–Kier alpha value is -1.70. The topological polar surface area (TPSA) is 132 Å². The van der Waals surface area contributed by atoms with E-state index in [4.69, 9.17) is 37.9 Å². The van der Waals surface area contributed by atoms with Gasteiger partial charge in [-0.15, -0.1) is 0 Å². The highest BCUT2D eigenvalue weighted by Gasteiger charge is 2.91. The third-order valence-electron chi connectivity index (χ3n) is 13.4. The minimum absolute atomic E-state index is 0.285. The van der Waals surface area contributed by atoms with Crippen LogP contribution in [0.5, 0.6) is 0 Å². The zero-order chi connectivity index (χ0) is 32.5. The van der Waals surface area contributed by atoms with E-state index in [1.54, 1.807) is 27.4 Å². The molecule has 7 rings (SSSR count). The number of rotatable bonds is 9. The van der Waals surface area contributed by atoms with Crippen LogP contribution >= 0.6 is 0 Å². The average molecular weight is 633 g/mol. The lowest BCUT2D eigenvalue weighted by Crippen LogP contribution is -2.74. The SMILES string of the molecule is CCC(C)C(=O)O[C@@H]1[C@@H]2OC[C@]3(C)C=C[C@]4(O)O[C@@H](OC)[C@H]([C@]1(C)[C@@]15O[C@@H]1C[C@@H](C1=C[C@H](OC)O[C@@H]1OC)[C@]5(C)C=O)[C@]4(C)[C@@H]23. The Bertz CT molecular complexity index is 1330. The Labute approximate surface area is 264 Å². The Morgan fingerprint density at radius 2 is 1.80 bits per heavy atom. The second kappa shape index (κ2) is 9.92. The zero-order valence-electron chi connectivity index (χ0n) is 27.7. The summed E-state index contributed by atoms with van der Waals surface area (Å²) in [4.78, 5) is 27.4. The lowest BCUT2D eigenvalue weighted by Gasteiger charge is -2.64.